The number of hydrogen-bond donors (Lipinski definition) is 0. The second kappa shape index (κ2) is 10.5. The molecular formula is C23H28N2O5. The van der Waals surface area contributed by atoms with E-state index in [4.69, 9.17) is 14.2 Å². The van der Waals surface area contributed by atoms with Gasteiger partial charge in [0.2, 0.25) is 0 Å². The van der Waals surface area contributed by atoms with Gasteiger partial charge in [-0.25, -0.2) is 0 Å². The van der Waals surface area contributed by atoms with Crippen molar-refractivity contribution in [2.24, 2.45) is 0 Å². The second-order valence-corrected chi connectivity index (χ2v) is 6.99. The summed E-state index contributed by atoms with van der Waals surface area (Å²) in [5, 5.41) is 0. The highest BCUT2D eigenvalue weighted by Crippen LogP contribution is 2.28. The van der Waals surface area contributed by atoms with Crippen LogP contribution in [0.15, 0.2) is 42.5 Å². The first kappa shape index (κ1) is 21.5. The van der Waals surface area contributed by atoms with Crippen LogP contribution in [0.4, 0.5) is 5.69 Å². The molecule has 0 N–H and O–H groups in total. The number of aldehydes is 1. The van der Waals surface area contributed by atoms with E-state index in [0.29, 0.717) is 49.8 Å². The van der Waals surface area contributed by atoms with Crippen molar-refractivity contribution in [2.45, 2.75) is 13.3 Å². The standard InChI is InChI=1S/C23H28N2O5/c1-3-14-29-19-9-8-18(16-26)22(15-19)30-17-23(27)25-12-10-24(11-13-25)20-6-4-5-7-21(20)28-2/h4-9,15-16H,3,10-14,17H2,1-2H3. The summed E-state index contributed by atoms with van der Waals surface area (Å²) in [6.45, 7) is 5.10. The van der Waals surface area contributed by atoms with E-state index in [0.717, 1.165) is 24.1 Å². The highest BCUT2D eigenvalue weighted by Gasteiger charge is 2.23. The molecule has 30 heavy (non-hydrogen) atoms. The Bertz CT molecular complexity index is 862. The number of amides is 1. The van der Waals surface area contributed by atoms with Crippen LogP contribution in [0.5, 0.6) is 17.2 Å². The zero-order valence-corrected chi connectivity index (χ0v) is 17.5. The molecule has 2 aromatic carbocycles. The van der Waals surface area contributed by atoms with Crippen LogP contribution in [0, 0.1) is 0 Å². The smallest absolute Gasteiger partial charge is 0.260 e. The van der Waals surface area contributed by atoms with E-state index in [-0.39, 0.29) is 12.5 Å². The van der Waals surface area contributed by atoms with E-state index >= 15 is 0 Å². The summed E-state index contributed by atoms with van der Waals surface area (Å²) in [4.78, 5) is 27.9. The van der Waals surface area contributed by atoms with Crippen molar-refractivity contribution in [2.75, 3.05) is 51.4 Å². The topological polar surface area (TPSA) is 68.3 Å². The number of methoxy groups -OCH3 is 1. The lowest BCUT2D eigenvalue weighted by Gasteiger charge is -2.36. The van der Waals surface area contributed by atoms with E-state index in [9.17, 15) is 9.59 Å². The van der Waals surface area contributed by atoms with Crippen LogP contribution >= 0.6 is 0 Å². The SMILES string of the molecule is CCCOc1ccc(C=O)c(OCC(=O)N2CCN(c3ccccc3OC)CC2)c1. The number of carbonyl (C=O) groups excluding carboxylic acids is 2. The molecule has 3 rings (SSSR count). The molecule has 0 radical (unpaired) electrons. The van der Waals surface area contributed by atoms with Crippen molar-refractivity contribution in [3.05, 3.63) is 48.0 Å². The molecule has 1 aliphatic rings. The minimum atomic E-state index is -0.118. The summed E-state index contributed by atoms with van der Waals surface area (Å²) in [5.74, 6) is 1.70. The number of anilines is 1. The van der Waals surface area contributed by atoms with Crippen molar-refractivity contribution in [3.8, 4) is 17.2 Å². The summed E-state index contributed by atoms with van der Waals surface area (Å²) in [6.07, 6.45) is 1.60. The van der Waals surface area contributed by atoms with Gasteiger partial charge in [-0.3, -0.25) is 9.59 Å². The largest absolute Gasteiger partial charge is 0.495 e. The summed E-state index contributed by atoms with van der Waals surface area (Å²) >= 11 is 0. The highest BCUT2D eigenvalue weighted by molar-refractivity contribution is 5.81. The number of para-hydroxylation sites is 2. The molecule has 0 saturated carbocycles. The predicted octanol–water partition coefficient (Wildman–Crippen LogP) is 3.02. The Morgan fingerprint density at radius 2 is 1.80 bits per heavy atom. The number of nitrogens with zero attached hydrogens (tertiary/aromatic N) is 2. The number of hydrogen-bond acceptors (Lipinski definition) is 6. The Balaban J connectivity index is 1.56. The number of ether oxygens (including phenoxy) is 3. The van der Waals surface area contributed by atoms with Crippen LogP contribution in [0.2, 0.25) is 0 Å². The van der Waals surface area contributed by atoms with Crippen LogP contribution in [0.1, 0.15) is 23.7 Å². The molecule has 1 aliphatic heterocycles. The van der Waals surface area contributed by atoms with Gasteiger partial charge in [-0.05, 0) is 30.7 Å². The average molecular weight is 412 g/mol. The molecule has 0 atom stereocenters. The molecule has 7 nitrogen and oxygen atoms in total. The molecular weight excluding hydrogens is 384 g/mol. The number of benzene rings is 2. The first-order valence-electron chi connectivity index (χ1n) is 10.2. The normalized spacial score (nSPS) is 13.7. The molecule has 0 unspecified atom stereocenters. The molecule has 0 aliphatic carbocycles. The van der Waals surface area contributed by atoms with Crippen LogP contribution < -0.4 is 19.1 Å². The first-order chi connectivity index (χ1) is 14.7. The molecule has 0 bridgehead atoms. The van der Waals surface area contributed by atoms with Crippen molar-refractivity contribution in [3.63, 3.8) is 0 Å². The third-order valence-corrected chi connectivity index (χ3v) is 4.99. The maximum absolute atomic E-state index is 12.6. The average Bonchev–Trinajstić information content (AvgIpc) is 2.81. The lowest BCUT2D eigenvalue weighted by atomic mass is 10.2. The summed E-state index contributed by atoms with van der Waals surface area (Å²) < 4.78 is 16.7. The van der Waals surface area contributed by atoms with Crippen LogP contribution in [-0.2, 0) is 4.79 Å². The Labute approximate surface area is 177 Å². The lowest BCUT2D eigenvalue weighted by Crippen LogP contribution is -2.50. The maximum Gasteiger partial charge on any atom is 0.260 e. The van der Waals surface area contributed by atoms with Gasteiger partial charge in [0.25, 0.3) is 5.91 Å². The fourth-order valence-electron chi connectivity index (χ4n) is 3.37. The fraction of sp³-hybridized carbons (Fsp3) is 0.391. The van der Waals surface area contributed by atoms with Gasteiger partial charge >= 0.3 is 0 Å². The van der Waals surface area contributed by atoms with Crippen LogP contribution in [0.3, 0.4) is 0 Å². The van der Waals surface area contributed by atoms with E-state index in [1.807, 2.05) is 31.2 Å². The van der Waals surface area contributed by atoms with Crippen molar-refractivity contribution >= 4 is 17.9 Å². The van der Waals surface area contributed by atoms with Gasteiger partial charge in [0, 0.05) is 32.2 Å². The minimum Gasteiger partial charge on any atom is -0.495 e. The molecule has 1 fully saturated rings. The van der Waals surface area contributed by atoms with Gasteiger partial charge < -0.3 is 24.0 Å². The minimum absolute atomic E-state index is 0.105. The highest BCUT2D eigenvalue weighted by atomic mass is 16.5. The van der Waals surface area contributed by atoms with Crippen LogP contribution in [0.25, 0.3) is 0 Å². The van der Waals surface area contributed by atoms with Gasteiger partial charge in [0.15, 0.2) is 12.9 Å². The van der Waals surface area contributed by atoms with Crippen LogP contribution in [-0.4, -0.2) is 63.6 Å². The number of piperazine rings is 1. The van der Waals surface area contributed by atoms with E-state index in [1.54, 1.807) is 30.2 Å². The first-order valence-corrected chi connectivity index (χ1v) is 10.2. The Hall–Kier alpha value is -3.22. The van der Waals surface area contributed by atoms with Gasteiger partial charge in [0.1, 0.15) is 17.2 Å². The van der Waals surface area contributed by atoms with E-state index < -0.39 is 0 Å². The Morgan fingerprint density at radius 1 is 1.03 bits per heavy atom. The summed E-state index contributed by atoms with van der Waals surface area (Å²) in [6, 6.07) is 12.9. The third kappa shape index (κ3) is 5.23. The number of carbonyl (C=O) groups is 2. The van der Waals surface area contributed by atoms with Gasteiger partial charge in [-0.2, -0.15) is 0 Å². The molecule has 0 aromatic heterocycles. The molecule has 1 amide bonds. The van der Waals surface area contributed by atoms with Crippen molar-refractivity contribution < 1.29 is 23.8 Å². The molecule has 7 heteroatoms. The van der Waals surface area contributed by atoms with Crippen molar-refractivity contribution in [1.82, 2.24) is 4.90 Å². The Kier molecular flexibility index (Phi) is 7.54. The summed E-state index contributed by atoms with van der Waals surface area (Å²) in [5.41, 5.74) is 1.43. The fourth-order valence-corrected chi connectivity index (χ4v) is 3.37. The predicted molar refractivity (Wildman–Crippen MR) is 115 cm³/mol. The van der Waals surface area contributed by atoms with Gasteiger partial charge in [-0.1, -0.05) is 19.1 Å². The zero-order chi connectivity index (χ0) is 21.3. The number of rotatable bonds is 9. The van der Waals surface area contributed by atoms with Gasteiger partial charge in [-0.15, -0.1) is 0 Å². The van der Waals surface area contributed by atoms with E-state index in [2.05, 4.69) is 4.90 Å². The lowest BCUT2D eigenvalue weighted by molar-refractivity contribution is -0.133. The molecule has 160 valence electrons. The molecule has 1 heterocycles. The Morgan fingerprint density at radius 3 is 2.50 bits per heavy atom. The summed E-state index contributed by atoms with van der Waals surface area (Å²) in [7, 11) is 1.66. The second-order valence-electron chi connectivity index (χ2n) is 6.99. The zero-order valence-electron chi connectivity index (χ0n) is 17.5. The third-order valence-electron chi connectivity index (χ3n) is 4.99. The molecule has 1 saturated heterocycles. The van der Waals surface area contributed by atoms with E-state index in [1.165, 1.54) is 0 Å². The van der Waals surface area contributed by atoms with Gasteiger partial charge in [0.05, 0.1) is 25.0 Å². The quantitative estimate of drug-likeness (QED) is 0.590. The van der Waals surface area contributed by atoms with Crippen molar-refractivity contribution in [1.29, 1.82) is 0 Å². The molecule has 0 spiro atoms. The maximum atomic E-state index is 12.6. The molecule has 2 aromatic rings. The monoisotopic (exact) mass is 412 g/mol.